The lowest BCUT2D eigenvalue weighted by Gasteiger charge is -2.21. The zero-order valence-electron chi connectivity index (χ0n) is 9.84. The topological polar surface area (TPSA) is 43.8 Å². The fourth-order valence-electron chi connectivity index (χ4n) is 2.54. The van der Waals surface area contributed by atoms with Gasteiger partial charge in [0.2, 0.25) is 0 Å². The van der Waals surface area contributed by atoms with Crippen LogP contribution in [-0.4, -0.2) is 16.1 Å². The molecule has 0 aliphatic carbocycles. The minimum Gasteiger partial charge on any atom is -0.334 e. The van der Waals surface area contributed by atoms with Crippen molar-refractivity contribution in [1.29, 1.82) is 0 Å². The summed E-state index contributed by atoms with van der Waals surface area (Å²) in [5, 5.41) is 0. The fourth-order valence-corrected chi connectivity index (χ4v) is 2.54. The third-order valence-corrected chi connectivity index (χ3v) is 3.48. The number of aromatic nitrogens is 2. The lowest BCUT2D eigenvalue weighted by atomic mass is 9.99. The first-order valence-corrected chi connectivity index (χ1v) is 6.21. The number of hydrogen-bond donors (Lipinski definition) is 1. The molecule has 2 aromatic rings. The van der Waals surface area contributed by atoms with Crippen molar-refractivity contribution in [2.75, 3.05) is 6.54 Å². The molecule has 0 fully saturated rings. The molecule has 0 saturated heterocycles. The van der Waals surface area contributed by atoms with Crippen molar-refractivity contribution in [1.82, 2.24) is 9.55 Å². The maximum Gasteiger partial charge on any atom is 0.113 e. The molecular formula is C14H17N3. The molecular weight excluding hydrogens is 210 g/mol. The maximum atomic E-state index is 5.81. The van der Waals surface area contributed by atoms with Crippen LogP contribution in [0.2, 0.25) is 0 Å². The summed E-state index contributed by atoms with van der Waals surface area (Å²) >= 11 is 0. The third-order valence-electron chi connectivity index (χ3n) is 3.48. The molecule has 1 aromatic carbocycles. The molecule has 0 unspecified atom stereocenters. The molecule has 0 spiro atoms. The summed E-state index contributed by atoms with van der Waals surface area (Å²) in [6.07, 6.45) is 4.54. The van der Waals surface area contributed by atoms with Gasteiger partial charge in [-0.3, -0.25) is 0 Å². The van der Waals surface area contributed by atoms with Gasteiger partial charge >= 0.3 is 0 Å². The molecule has 0 radical (unpaired) electrons. The van der Waals surface area contributed by atoms with E-state index in [2.05, 4.69) is 22.9 Å². The summed E-state index contributed by atoms with van der Waals surface area (Å²) in [6, 6.07) is 10.3. The summed E-state index contributed by atoms with van der Waals surface area (Å²) < 4.78 is 2.27. The summed E-state index contributed by atoms with van der Waals surface area (Å²) in [5.74, 6) is 1.60. The van der Waals surface area contributed by atoms with Gasteiger partial charge in [-0.15, -0.1) is 0 Å². The quantitative estimate of drug-likeness (QED) is 0.856. The first-order chi connectivity index (χ1) is 8.38. The first-order valence-electron chi connectivity index (χ1n) is 6.21. The highest BCUT2D eigenvalue weighted by molar-refractivity contribution is 5.58. The first kappa shape index (κ1) is 10.5. The number of nitrogens with two attached hydrogens (primary N) is 1. The minimum absolute atomic E-state index is 0.432. The van der Waals surface area contributed by atoms with Crippen LogP contribution in [0.5, 0.6) is 0 Å². The summed E-state index contributed by atoms with van der Waals surface area (Å²) in [7, 11) is 0. The molecule has 88 valence electrons. The molecule has 2 heterocycles. The van der Waals surface area contributed by atoms with E-state index in [0.717, 1.165) is 18.1 Å². The Kier molecular flexibility index (Phi) is 2.69. The Morgan fingerprint density at radius 3 is 2.88 bits per heavy atom. The number of aryl methyl sites for hydroxylation is 1. The molecule has 1 aliphatic heterocycles. The molecule has 3 rings (SSSR count). The molecule has 0 bridgehead atoms. The van der Waals surface area contributed by atoms with Crippen LogP contribution in [0.15, 0.2) is 36.5 Å². The standard InChI is InChI=1S/C14H17N3/c15-9-12-7-4-8-17-10-13(16-14(12)17)11-5-2-1-3-6-11/h1-3,5-6,10,12H,4,7-9,15H2/t12-/m0/s1. The van der Waals surface area contributed by atoms with Gasteiger partial charge in [-0.05, 0) is 12.8 Å². The predicted molar refractivity (Wildman–Crippen MR) is 68.7 cm³/mol. The van der Waals surface area contributed by atoms with E-state index < -0.39 is 0 Å². The normalized spacial score (nSPS) is 19.0. The average Bonchev–Trinajstić information content (AvgIpc) is 2.83. The molecule has 1 aliphatic rings. The number of hydrogen-bond acceptors (Lipinski definition) is 2. The van der Waals surface area contributed by atoms with E-state index in [0.29, 0.717) is 12.5 Å². The second-order valence-corrected chi connectivity index (χ2v) is 4.62. The maximum absolute atomic E-state index is 5.81. The molecule has 0 amide bonds. The Balaban J connectivity index is 2.02. The van der Waals surface area contributed by atoms with Crippen molar-refractivity contribution in [2.45, 2.75) is 25.3 Å². The van der Waals surface area contributed by atoms with Crippen LogP contribution in [0.25, 0.3) is 11.3 Å². The molecule has 2 N–H and O–H groups in total. The van der Waals surface area contributed by atoms with Crippen LogP contribution in [0.3, 0.4) is 0 Å². The van der Waals surface area contributed by atoms with Gasteiger partial charge < -0.3 is 10.3 Å². The number of rotatable bonds is 2. The van der Waals surface area contributed by atoms with Crippen molar-refractivity contribution in [3.8, 4) is 11.3 Å². The van der Waals surface area contributed by atoms with Gasteiger partial charge in [0, 0.05) is 30.8 Å². The van der Waals surface area contributed by atoms with Crippen LogP contribution in [0.4, 0.5) is 0 Å². The van der Waals surface area contributed by atoms with E-state index in [1.807, 2.05) is 18.2 Å². The van der Waals surface area contributed by atoms with Gasteiger partial charge in [-0.25, -0.2) is 4.98 Å². The third kappa shape index (κ3) is 1.87. The highest BCUT2D eigenvalue weighted by Crippen LogP contribution is 2.28. The van der Waals surface area contributed by atoms with E-state index in [4.69, 9.17) is 10.7 Å². The highest BCUT2D eigenvalue weighted by atomic mass is 15.1. The Morgan fingerprint density at radius 2 is 2.12 bits per heavy atom. The highest BCUT2D eigenvalue weighted by Gasteiger charge is 2.21. The molecule has 1 atom stereocenters. The van der Waals surface area contributed by atoms with Crippen LogP contribution in [0.1, 0.15) is 24.6 Å². The zero-order valence-corrected chi connectivity index (χ0v) is 9.84. The fraction of sp³-hybridized carbons (Fsp3) is 0.357. The molecule has 0 saturated carbocycles. The lowest BCUT2D eigenvalue weighted by molar-refractivity contribution is 0.448. The monoisotopic (exact) mass is 227 g/mol. The summed E-state index contributed by atoms with van der Waals surface area (Å²) in [4.78, 5) is 4.76. The molecule has 17 heavy (non-hydrogen) atoms. The minimum atomic E-state index is 0.432. The number of benzene rings is 1. The lowest BCUT2D eigenvalue weighted by Crippen LogP contribution is -2.21. The molecule has 3 heteroatoms. The van der Waals surface area contributed by atoms with Crippen molar-refractivity contribution < 1.29 is 0 Å². The van der Waals surface area contributed by atoms with E-state index in [1.165, 1.54) is 18.4 Å². The zero-order chi connectivity index (χ0) is 11.7. The number of fused-ring (bicyclic) bond motifs is 1. The van der Waals surface area contributed by atoms with Gasteiger partial charge in [0.25, 0.3) is 0 Å². The Hall–Kier alpha value is -1.61. The van der Waals surface area contributed by atoms with E-state index >= 15 is 0 Å². The van der Waals surface area contributed by atoms with Crippen LogP contribution in [-0.2, 0) is 6.54 Å². The SMILES string of the molecule is NC[C@@H]1CCCn2cc(-c3ccccc3)nc21. The van der Waals surface area contributed by atoms with Crippen LogP contribution < -0.4 is 5.73 Å². The smallest absolute Gasteiger partial charge is 0.113 e. The summed E-state index contributed by atoms with van der Waals surface area (Å²) in [5.41, 5.74) is 8.07. The Morgan fingerprint density at radius 1 is 1.29 bits per heavy atom. The largest absolute Gasteiger partial charge is 0.334 e. The Labute approximate surface area is 101 Å². The van der Waals surface area contributed by atoms with E-state index in [1.54, 1.807) is 0 Å². The molecule has 3 nitrogen and oxygen atoms in total. The van der Waals surface area contributed by atoms with Gasteiger partial charge in [-0.2, -0.15) is 0 Å². The van der Waals surface area contributed by atoms with Gasteiger partial charge in [0.1, 0.15) is 5.82 Å². The average molecular weight is 227 g/mol. The predicted octanol–water partition coefficient (Wildman–Crippen LogP) is 2.39. The Bertz CT molecular complexity index is 501. The van der Waals surface area contributed by atoms with Gasteiger partial charge in [-0.1, -0.05) is 30.3 Å². The van der Waals surface area contributed by atoms with Gasteiger partial charge in [0.05, 0.1) is 5.69 Å². The second-order valence-electron chi connectivity index (χ2n) is 4.62. The summed E-state index contributed by atoms with van der Waals surface area (Å²) in [6.45, 7) is 1.77. The number of imidazole rings is 1. The molecule has 1 aromatic heterocycles. The van der Waals surface area contributed by atoms with Crippen LogP contribution in [0, 0.1) is 0 Å². The second kappa shape index (κ2) is 4.34. The van der Waals surface area contributed by atoms with Crippen LogP contribution >= 0.6 is 0 Å². The number of nitrogens with zero attached hydrogens (tertiary/aromatic N) is 2. The van der Waals surface area contributed by atoms with Crippen molar-refractivity contribution in [3.63, 3.8) is 0 Å². The van der Waals surface area contributed by atoms with Crippen molar-refractivity contribution in [3.05, 3.63) is 42.4 Å². The van der Waals surface area contributed by atoms with E-state index in [-0.39, 0.29) is 0 Å². The van der Waals surface area contributed by atoms with Gasteiger partial charge in [0.15, 0.2) is 0 Å². The van der Waals surface area contributed by atoms with Crippen molar-refractivity contribution in [2.24, 2.45) is 5.73 Å². The van der Waals surface area contributed by atoms with Crippen molar-refractivity contribution >= 4 is 0 Å². The van der Waals surface area contributed by atoms with E-state index in [9.17, 15) is 0 Å².